The van der Waals surface area contributed by atoms with Gasteiger partial charge in [0.25, 0.3) is 5.91 Å². The van der Waals surface area contributed by atoms with E-state index in [4.69, 9.17) is 4.74 Å². The van der Waals surface area contributed by atoms with Crippen molar-refractivity contribution in [2.45, 2.75) is 6.42 Å². The molecule has 134 valence electrons. The summed E-state index contributed by atoms with van der Waals surface area (Å²) in [6.07, 6.45) is 5.10. The van der Waals surface area contributed by atoms with Crippen LogP contribution < -0.4 is 4.90 Å². The van der Waals surface area contributed by atoms with E-state index in [1.807, 2.05) is 0 Å². The lowest BCUT2D eigenvalue weighted by atomic mass is 9.85. The van der Waals surface area contributed by atoms with Crippen LogP contribution in [-0.2, 0) is 14.3 Å². The molecule has 3 fully saturated rings. The number of morpholine rings is 1. The third-order valence-corrected chi connectivity index (χ3v) is 6.14. The largest absolute Gasteiger partial charge is 0.378 e. The summed E-state index contributed by atoms with van der Waals surface area (Å²) in [6, 6.07) is 6.82. The number of hydrogen-bond acceptors (Lipinski definition) is 4. The van der Waals surface area contributed by atoms with Gasteiger partial charge in [-0.25, -0.2) is 0 Å². The number of amides is 3. The zero-order valence-corrected chi connectivity index (χ0v) is 14.3. The molecule has 4 aliphatic rings. The molecule has 2 unspecified atom stereocenters. The highest BCUT2D eigenvalue weighted by molar-refractivity contribution is 6.22. The van der Waals surface area contributed by atoms with E-state index in [2.05, 4.69) is 12.2 Å². The van der Waals surface area contributed by atoms with Crippen LogP contribution >= 0.6 is 0 Å². The highest BCUT2D eigenvalue weighted by atomic mass is 16.5. The van der Waals surface area contributed by atoms with Gasteiger partial charge < -0.3 is 9.64 Å². The number of nitrogens with zero attached hydrogens (tertiary/aromatic N) is 2. The van der Waals surface area contributed by atoms with Gasteiger partial charge in [-0.2, -0.15) is 0 Å². The Morgan fingerprint density at radius 3 is 2.08 bits per heavy atom. The van der Waals surface area contributed by atoms with E-state index in [0.29, 0.717) is 37.6 Å². The number of hydrogen-bond donors (Lipinski definition) is 0. The van der Waals surface area contributed by atoms with Gasteiger partial charge in [-0.05, 0) is 42.5 Å². The Kier molecular flexibility index (Phi) is 3.50. The van der Waals surface area contributed by atoms with Crippen molar-refractivity contribution in [1.29, 1.82) is 0 Å². The average molecular weight is 352 g/mol. The van der Waals surface area contributed by atoms with Gasteiger partial charge in [-0.3, -0.25) is 19.3 Å². The lowest BCUT2D eigenvalue weighted by molar-refractivity contribution is -0.123. The summed E-state index contributed by atoms with van der Waals surface area (Å²) in [5, 5.41) is 0. The van der Waals surface area contributed by atoms with E-state index in [9.17, 15) is 14.4 Å². The fraction of sp³-hybridized carbons (Fsp3) is 0.450. The van der Waals surface area contributed by atoms with Crippen molar-refractivity contribution in [3.8, 4) is 0 Å². The number of rotatable bonds is 2. The molecule has 2 aliphatic carbocycles. The summed E-state index contributed by atoms with van der Waals surface area (Å²) in [5.74, 6) is -0.229. The van der Waals surface area contributed by atoms with Crippen molar-refractivity contribution in [1.82, 2.24) is 4.90 Å². The average Bonchev–Trinajstić information content (AvgIpc) is 3.36. The quantitative estimate of drug-likeness (QED) is 0.597. The van der Waals surface area contributed by atoms with Crippen molar-refractivity contribution >= 4 is 23.4 Å². The zero-order chi connectivity index (χ0) is 17.8. The predicted octanol–water partition coefficient (Wildman–Crippen LogP) is 1.47. The number of anilines is 1. The van der Waals surface area contributed by atoms with Crippen LogP contribution in [0.1, 0.15) is 16.8 Å². The molecule has 5 rings (SSSR count). The van der Waals surface area contributed by atoms with E-state index >= 15 is 0 Å². The summed E-state index contributed by atoms with van der Waals surface area (Å²) < 4.78 is 5.27. The molecule has 26 heavy (non-hydrogen) atoms. The van der Waals surface area contributed by atoms with Crippen LogP contribution in [0.15, 0.2) is 36.4 Å². The van der Waals surface area contributed by atoms with Crippen LogP contribution in [0.5, 0.6) is 0 Å². The first-order valence-electron chi connectivity index (χ1n) is 9.18. The Hall–Kier alpha value is -2.47. The fourth-order valence-corrected chi connectivity index (χ4v) is 4.86. The SMILES string of the molecule is O=C(c1ccc(N2C(=O)C3C(C2=O)[C@H]2C=C[C@@H]3C2)cc1)N1CCOCC1. The van der Waals surface area contributed by atoms with Crippen LogP contribution in [0.25, 0.3) is 0 Å². The minimum absolute atomic E-state index is 0.0435. The van der Waals surface area contributed by atoms with E-state index in [1.54, 1.807) is 29.2 Å². The molecule has 6 nitrogen and oxygen atoms in total. The molecule has 2 aliphatic heterocycles. The normalized spacial score (nSPS) is 32.5. The molecule has 0 N–H and O–H groups in total. The third kappa shape index (κ3) is 2.18. The first-order chi connectivity index (χ1) is 12.6. The molecule has 6 heteroatoms. The van der Waals surface area contributed by atoms with Gasteiger partial charge in [-0.15, -0.1) is 0 Å². The van der Waals surface area contributed by atoms with E-state index in [0.717, 1.165) is 6.42 Å². The second kappa shape index (κ2) is 5.77. The lowest BCUT2D eigenvalue weighted by Crippen LogP contribution is -2.40. The van der Waals surface area contributed by atoms with Crippen molar-refractivity contribution in [2.24, 2.45) is 23.7 Å². The Balaban J connectivity index is 1.37. The fourth-order valence-electron chi connectivity index (χ4n) is 4.86. The second-order valence-electron chi connectivity index (χ2n) is 7.46. The van der Waals surface area contributed by atoms with E-state index in [1.165, 1.54) is 4.90 Å². The van der Waals surface area contributed by atoms with Crippen LogP contribution in [0.3, 0.4) is 0 Å². The highest BCUT2D eigenvalue weighted by Gasteiger charge is 2.59. The van der Waals surface area contributed by atoms with Crippen LogP contribution in [0.2, 0.25) is 0 Å². The minimum atomic E-state index is -0.202. The zero-order valence-electron chi connectivity index (χ0n) is 14.3. The van der Waals surface area contributed by atoms with Gasteiger partial charge in [0.1, 0.15) is 0 Å². The third-order valence-electron chi connectivity index (χ3n) is 6.14. The van der Waals surface area contributed by atoms with E-state index in [-0.39, 0.29) is 41.4 Å². The van der Waals surface area contributed by atoms with Crippen molar-refractivity contribution in [2.75, 3.05) is 31.2 Å². The molecule has 1 aromatic rings. The van der Waals surface area contributed by atoms with Gasteiger partial charge in [0.15, 0.2) is 0 Å². The molecular formula is C20H20N2O4. The molecule has 2 heterocycles. The Labute approximate surface area is 151 Å². The van der Waals surface area contributed by atoms with Crippen LogP contribution in [-0.4, -0.2) is 48.9 Å². The summed E-state index contributed by atoms with van der Waals surface area (Å²) in [6.45, 7) is 2.28. The monoisotopic (exact) mass is 352 g/mol. The van der Waals surface area contributed by atoms with Crippen molar-refractivity contribution in [3.05, 3.63) is 42.0 Å². The maximum absolute atomic E-state index is 12.8. The number of benzene rings is 1. The smallest absolute Gasteiger partial charge is 0.254 e. The number of carbonyl (C=O) groups excluding carboxylic acids is 3. The van der Waals surface area contributed by atoms with Gasteiger partial charge in [0.2, 0.25) is 11.8 Å². The molecule has 0 radical (unpaired) electrons. The number of allylic oxidation sites excluding steroid dienone is 2. The van der Waals surface area contributed by atoms with Gasteiger partial charge >= 0.3 is 0 Å². The number of ether oxygens (including phenoxy) is 1. The molecular weight excluding hydrogens is 332 g/mol. The minimum Gasteiger partial charge on any atom is -0.378 e. The number of fused-ring (bicyclic) bond motifs is 5. The predicted molar refractivity (Wildman–Crippen MR) is 93.4 cm³/mol. The molecule has 1 saturated carbocycles. The molecule has 4 atom stereocenters. The molecule has 2 bridgehead atoms. The number of carbonyl (C=O) groups is 3. The maximum Gasteiger partial charge on any atom is 0.254 e. The topological polar surface area (TPSA) is 66.9 Å². The Morgan fingerprint density at radius 1 is 0.923 bits per heavy atom. The summed E-state index contributed by atoms with van der Waals surface area (Å²) in [7, 11) is 0. The first kappa shape index (κ1) is 15.8. The Morgan fingerprint density at radius 2 is 1.50 bits per heavy atom. The molecule has 1 aromatic carbocycles. The molecule has 0 aromatic heterocycles. The summed E-state index contributed by atoms with van der Waals surface area (Å²) >= 11 is 0. The molecule has 0 spiro atoms. The lowest BCUT2D eigenvalue weighted by Gasteiger charge is -2.27. The van der Waals surface area contributed by atoms with Crippen molar-refractivity contribution < 1.29 is 19.1 Å². The second-order valence-corrected chi connectivity index (χ2v) is 7.46. The van der Waals surface area contributed by atoms with Gasteiger partial charge in [0.05, 0.1) is 30.7 Å². The standard InChI is InChI=1S/C20H20N2O4/c23-18(21-7-9-26-10-8-21)12-3-5-15(6-4-12)22-19(24)16-13-1-2-14(11-13)17(16)20(22)25/h1-6,13-14,16-17H,7-11H2/t13-,14+,16?,17?. The first-order valence-corrected chi connectivity index (χ1v) is 9.18. The summed E-state index contributed by atoms with van der Waals surface area (Å²) in [4.78, 5) is 41.3. The maximum atomic E-state index is 12.8. The van der Waals surface area contributed by atoms with Crippen LogP contribution in [0, 0.1) is 23.7 Å². The molecule has 2 saturated heterocycles. The van der Waals surface area contributed by atoms with Crippen molar-refractivity contribution in [3.63, 3.8) is 0 Å². The van der Waals surface area contributed by atoms with Crippen LogP contribution in [0.4, 0.5) is 5.69 Å². The van der Waals surface area contributed by atoms with Gasteiger partial charge in [0, 0.05) is 18.7 Å². The highest BCUT2D eigenvalue weighted by Crippen LogP contribution is 2.53. The van der Waals surface area contributed by atoms with E-state index < -0.39 is 0 Å². The number of imide groups is 1. The molecule has 3 amide bonds. The summed E-state index contributed by atoms with van der Waals surface area (Å²) in [5.41, 5.74) is 1.13. The van der Waals surface area contributed by atoms with Gasteiger partial charge in [-0.1, -0.05) is 12.2 Å². The Bertz CT molecular complexity index is 780.